The highest BCUT2D eigenvalue weighted by atomic mass is 14.9. The Hall–Kier alpha value is -3.05. The summed E-state index contributed by atoms with van der Waals surface area (Å²) in [7, 11) is 0. The molecule has 2 aromatic heterocycles. The number of hydrogen-bond donors (Lipinski definition) is 0. The van der Waals surface area contributed by atoms with Crippen molar-refractivity contribution in [2.24, 2.45) is 0 Å². The molecule has 0 saturated heterocycles. The summed E-state index contributed by atoms with van der Waals surface area (Å²) in [5.74, 6) is 0. The summed E-state index contributed by atoms with van der Waals surface area (Å²) in [6.07, 6.45) is 2.14. The molecule has 22 heavy (non-hydrogen) atoms. The fourth-order valence-corrected chi connectivity index (χ4v) is 3.15. The first kappa shape index (κ1) is 12.7. The van der Waals surface area contributed by atoms with Gasteiger partial charge in [-0.2, -0.15) is 5.26 Å². The number of rotatable bonds is 1. The summed E-state index contributed by atoms with van der Waals surface area (Å²) in [6, 6.07) is 23.0. The van der Waals surface area contributed by atoms with Gasteiger partial charge in [-0.05, 0) is 23.9 Å². The van der Waals surface area contributed by atoms with Gasteiger partial charge in [0.1, 0.15) is 6.07 Å². The molecule has 0 spiro atoms. The van der Waals surface area contributed by atoms with E-state index in [0.717, 1.165) is 22.2 Å². The number of nitrogens with zero attached hydrogens (tertiary/aromatic N) is 2. The average Bonchev–Trinajstić information content (AvgIpc) is 2.91. The van der Waals surface area contributed by atoms with E-state index in [-0.39, 0.29) is 0 Å². The lowest BCUT2D eigenvalue weighted by molar-refractivity contribution is 1.12. The number of aromatic nitrogens is 1. The van der Waals surface area contributed by atoms with Crippen molar-refractivity contribution >= 4 is 16.3 Å². The Kier molecular flexibility index (Phi) is 2.74. The first-order valence-electron chi connectivity index (χ1n) is 7.28. The molecular weight excluding hydrogens is 268 g/mol. The van der Waals surface area contributed by atoms with E-state index < -0.39 is 0 Å². The molecule has 4 aromatic rings. The first-order chi connectivity index (χ1) is 10.8. The maximum atomic E-state index is 9.43. The van der Waals surface area contributed by atoms with Crippen LogP contribution in [0.4, 0.5) is 0 Å². The van der Waals surface area contributed by atoms with Crippen LogP contribution < -0.4 is 0 Å². The maximum absolute atomic E-state index is 9.43. The molecule has 0 radical (unpaired) electrons. The van der Waals surface area contributed by atoms with Crippen molar-refractivity contribution in [1.82, 2.24) is 4.40 Å². The third-order valence-electron chi connectivity index (χ3n) is 4.17. The monoisotopic (exact) mass is 282 g/mol. The van der Waals surface area contributed by atoms with Crippen molar-refractivity contribution in [3.05, 3.63) is 78.1 Å². The minimum atomic E-state index is 0.730. The quantitative estimate of drug-likeness (QED) is 0.486. The van der Waals surface area contributed by atoms with Crippen LogP contribution in [0, 0.1) is 18.3 Å². The van der Waals surface area contributed by atoms with Crippen LogP contribution in [-0.2, 0) is 0 Å². The number of benzene rings is 2. The molecule has 2 heteroatoms. The summed E-state index contributed by atoms with van der Waals surface area (Å²) in [5, 5.41) is 11.7. The molecule has 0 fully saturated rings. The molecule has 2 nitrogen and oxygen atoms in total. The highest BCUT2D eigenvalue weighted by Crippen LogP contribution is 2.33. The van der Waals surface area contributed by atoms with Crippen LogP contribution in [-0.4, -0.2) is 4.40 Å². The molecule has 0 aliphatic heterocycles. The van der Waals surface area contributed by atoms with Crippen LogP contribution in [0.2, 0.25) is 0 Å². The second-order valence-corrected chi connectivity index (χ2v) is 5.48. The lowest BCUT2D eigenvalue weighted by Gasteiger charge is -2.11. The van der Waals surface area contributed by atoms with Crippen molar-refractivity contribution in [2.45, 2.75) is 6.92 Å². The smallest absolute Gasteiger partial charge is 0.101 e. The Morgan fingerprint density at radius 1 is 0.909 bits per heavy atom. The molecule has 0 unspecified atom stereocenters. The fraction of sp³-hybridized carbons (Fsp3) is 0.0500. The third-order valence-corrected chi connectivity index (χ3v) is 4.17. The van der Waals surface area contributed by atoms with E-state index >= 15 is 0 Å². The van der Waals surface area contributed by atoms with Crippen LogP contribution in [0.5, 0.6) is 0 Å². The average molecular weight is 282 g/mol. The van der Waals surface area contributed by atoms with Gasteiger partial charge in [0.05, 0.1) is 11.1 Å². The SMILES string of the molecule is Cc1cc(C#N)c2c3ccccc3c(-c3ccccc3)cn12. The molecule has 0 bridgehead atoms. The van der Waals surface area contributed by atoms with E-state index in [9.17, 15) is 5.26 Å². The van der Waals surface area contributed by atoms with Gasteiger partial charge in [0.2, 0.25) is 0 Å². The van der Waals surface area contributed by atoms with Gasteiger partial charge in [-0.1, -0.05) is 54.6 Å². The van der Waals surface area contributed by atoms with Gasteiger partial charge in [0.25, 0.3) is 0 Å². The van der Waals surface area contributed by atoms with Crippen molar-refractivity contribution < 1.29 is 0 Å². The molecule has 104 valence electrons. The molecular formula is C20H14N2. The molecule has 2 heterocycles. The van der Waals surface area contributed by atoms with E-state index in [2.05, 4.69) is 53.1 Å². The Balaban J connectivity index is 2.23. The van der Waals surface area contributed by atoms with E-state index in [1.54, 1.807) is 0 Å². The zero-order chi connectivity index (χ0) is 15.1. The van der Waals surface area contributed by atoms with Crippen LogP contribution in [0.3, 0.4) is 0 Å². The van der Waals surface area contributed by atoms with Gasteiger partial charge in [-0.25, -0.2) is 0 Å². The summed E-state index contributed by atoms with van der Waals surface area (Å²) in [6.45, 7) is 2.04. The van der Waals surface area contributed by atoms with E-state index in [0.29, 0.717) is 0 Å². The van der Waals surface area contributed by atoms with Crippen LogP contribution in [0.1, 0.15) is 11.3 Å². The van der Waals surface area contributed by atoms with Gasteiger partial charge in [-0.15, -0.1) is 0 Å². The largest absolute Gasteiger partial charge is 0.319 e. The van der Waals surface area contributed by atoms with Crippen LogP contribution >= 0.6 is 0 Å². The third kappa shape index (κ3) is 1.73. The summed E-state index contributed by atoms with van der Waals surface area (Å²) in [5.41, 5.74) is 5.18. The Morgan fingerprint density at radius 2 is 1.59 bits per heavy atom. The van der Waals surface area contributed by atoms with Crippen molar-refractivity contribution in [1.29, 1.82) is 5.26 Å². The Labute approximate surface area is 128 Å². The van der Waals surface area contributed by atoms with Crippen molar-refractivity contribution in [2.75, 3.05) is 0 Å². The zero-order valence-electron chi connectivity index (χ0n) is 12.2. The predicted molar refractivity (Wildman–Crippen MR) is 89.8 cm³/mol. The molecule has 0 aliphatic carbocycles. The highest BCUT2D eigenvalue weighted by molar-refractivity contribution is 6.06. The van der Waals surface area contributed by atoms with Crippen LogP contribution in [0.25, 0.3) is 27.4 Å². The second kappa shape index (κ2) is 4.75. The number of pyridine rings is 1. The van der Waals surface area contributed by atoms with Gasteiger partial charge >= 0.3 is 0 Å². The summed E-state index contributed by atoms with van der Waals surface area (Å²) >= 11 is 0. The maximum Gasteiger partial charge on any atom is 0.101 e. The minimum Gasteiger partial charge on any atom is -0.319 e. The molecule has 0 N–H and O–H groups in total. The van der Waals surface area contributed by atoms with E-state index in [1.165, 1.54) is 16.5 Å². The van der Waals surface area contributed by atoms with Gasteiger partial charge < -0.3 is 4.40 Å². The van der Waals surface area contributed by atoms with E-state index in [1.807, 2.05) is 31.2 Å². The second-order valence-electron chi connectivity index (χ2n) is 5.48. The van der Waals surface area contributed by atoms with Gasteiger partial charge in [0, 0.05) is 22.8 Å². The molecule has 0 atom stereocenters. The lowest BCUT2D eigenvalue weighted by Crippen LogP contribution is -1.92. The van der Waals surface area contributed by atoms with Crippen molar-refractivity contribution in [3.8, 4) is 17.2 Å². The molecule has 2 aromatic carbocycles. The number of aryl methyl sites for hydroxylation is 1. The zero-order valence-corrected chi connectivity index (χ0v) is 12.2. The molecule has 0 saturated carbocycles. The predicted octanol–water partition coefficient (Wildman–Crippen LogP) is 4.94. The molecule has 0 aliphatic rings. The number of hydrogen-bond acceptors (Lipinski definition) is 1. The first-order valence-corrected chi connectivity index (χ1v) is 7.28. The van der Waals surface area contributed by atoms with Crippen LogP contribution in [0.15, 0.2) is 66.9 Å². The Morgan fingerprint density at radius 3 is 2.32 bits per heavy atom. The van der Waals surface area contributed by atoms with Gasteiger partial charge in [0.15, 0.2) is 0 Å². The fourth-order valence-electron chi connectivity index (χ4n) is 3.15. The number of fused-ring (bicyclic) bond motifs is 3. The molecule has 0 amide bonds. The topological polar surface area (TPSA) is 28.2 Å². The molecule has 4 rings (SSSR count). The van der Waals surface area contributed by atoms with Gasteiger partial charge in [-0.3, -0.25) is 0 Å². The number of nitriles is 1. The Bertz CT molecular complexity index is 1030. The minimum absolute atomic E-state index is 0.730. The summed E-state index contributed by atoms with van der Waals surface area (Å²) < 4.78 is 2.13. The normalized spacial score (nSPS) is 10.9. The highest BCUT2D eigenvalue weighted by Gasteiger charge is 2.13. The lowest BCUT2D eigenvalue weighted by atomic mass is 9.99. The standard InChI is InChI=1S/C20H14N2/c1-14-11-16(12-21)20-18-10-6-5-9-17(18)19(13-22(14)20)15-7-3-2-4-8-15/h2-11,13H,1H3. The van der Waals surface area contributed by atoms with E-state index in [4.69, 9.17) is 0 Å². The van der Waals surface area contributed by atoms with Crippen molar-refractivity contribution in [3.63, 3.8) is 0 Å². The summed E-state index contributed by atoms with van der Waals surface area (Å²) in [4.78, 5) is 0.